The molecule has 0 radical (unpaired) electrons. The molecule has 0 heterocycles. The van der Waals surface area contributed by atoms with Crippen molar-refractivity contribution in [3.8, 4) is 23.0 Å². The molecule has 4 N–H and O–H groups in total. The number of hydrogen-bond donors (Lipinski definition) is 4. The van der Waals surface area contributed by atoms with Gasteiger partial charge in [0.1, 0.15) is 49.4 Å². The van der Waals surface area contributed by atoms with Crippen molar-refractivity contribution in [2.24, 2.45) is 0 Å². The first kappa shape index (κ1) is 149. The Balaban J connectivity index is -0.000000845. The van der Waals surface area contributed by atoms with E-state index in [1.807, 2.05) is 48.5 Å². The van der Waals surface area contributed by atoms with Crippen molar-refractivity contribution in [2.75, 3.05) is 26.4 Å². The summed E-state index contributed by atoms with van der Waals surface area (Å²) in [7, 11) is -17.1. The van der Waals surface area contributed by atoms with Gasteiger partial charge in [0.25, 0.3) is 0 Å². The summed E-state index contributed by atoms with van der Waals surface area (Å²) in [6.07, 6.45) is 54.9. The number of hydrogen-bond acceptors (Lipinski definition) is 8. The molecule has 0 amide bonds. The summed E-state index contributed by atoms with van der Waals surface area (Å²) >= 11 is -18.9. The average Bonchev–Trinajstić information content (AvgIpc) is 0.856. The van der Waals surface area contributed by atoms with Gasteiger partial charge in [-0.05, 0) is 185 Å². The monoisotopic (exact) mass is 2820 g/mol. The summed E-state index contributed by atoms with van der Waals surface area (Å²) in [5, 5.41) is 40.7. The van der Waals surface area contributed by atoms with Crippen LogP contribution in [0.5, 0.6) is 23.0 Å². The quantitative estimate of drug-likeness (QED) is 0.00979. The van der Waals surface area contributed by atoms with E-state index in [0.29, 0.717) is 26.4 Å². The maximum atomic E-state index is 10.2. The van der Waals surface area contributed by atoms with Crippen molar-refractivity contribution in [1.82, 2.24) is 0 Å². The molecular formula is C106H156F24I4O8P2Sb2. The standard InChI is InChI=1S/2C27H40IO2.2C26H38IO2.2F5P.14FH.2Sb/c2*1-3-4-5-6-7-8-9-10-11-12-13-26(29)22-30-27-20-18-25(19-21-27)28-24-16-14-23(2)15-17-24;2*1-2-3-4-5-6-7-8-9-10-14-17-25(28)22-29-26-20-18-24(19-21-26)27-23-15-12-11-13-16-23;2*1-6(2,3,4)5;;;;;;;;;;;;;;;;/h2*14-21,26,29H,3-13,22H2,1-2H3;2*11-13,15-16,18-21,25,28H,2-10,14,17,22H2,1H3;;;14*1H;;/q4*+1;;;;;;;;;;;;;;;;;2*+5/p-14. The van der Waals surface area contributed by atoms with E-state index in [1.165, 1.54) is 271 Å². The van der Waals surface area contributed by atoms with Crippen molar-refractivity contribution in [2.45, 2.75) is 348 Å². The number of unbranched alkanes of at least 4 members (excludes halogenated alkanes) is 36. The summed E-state index contributed by atoms with van der Waals surface area (Å²) in [5.74, 6) is 3.42. The van der Waals surface area contributed by atoms with Crippen LogP contribution in [0.3, 0.4) is 0 Å². The predicted molar refractivity (Wildman–Crippen MR) is 530 cm³/mol. The van der Waals surface area contributed by atoms with Gasteiger partial charge in [0.2, 0.25) is 0 Å². The van der Waals surface area contributed by atoms with Gasteiger partial charge < -0.3 is 58.2 Å². The van der Waals surface area contributed by atoms with Gasteiger partial charge in [-0.3, -0.25) is 0 Å². The summed E-state index contributed by atoms with van der Waals surface area (Å²) < 4.78 is 232. The minimum absolute atomic E-state index is 0. The number of halogens is 28. The Morgan fingerprint density at radius 3 is 0.479 bits per heavy atom. The number of aliphatic hydroxyl groups excluding tert-OH is 4. The second kappa shape index (κ2) is 85.8. The fourth-order valence-corrected chi connectivity index (χ4v) is 22.3. The van der Waals surface area contributed by atoms with Crippen molar-refractivity contribution in [3.63, 3.8) is 0 Å². The number of ether oxygens (including phenoxy) is 4. The predicted octanol–water partition coefficient (Wildman–Crippen LogP) is 13.5. The van der Waals surface area contributed by atoms with Crippen molar-refractivity contribution in [1.29, 1.82) is 0 Å². The van der Waals surface area contributed by atoms with E-state index >= 15 is 0 Å². The molecule has 8 nitrogen and oxygen atoms in total. The Hall–Kier alpha value is -3.46. The first-order chi connectivity index (χ1) is 66.8. The Morgan fingerprint density at radius 2 is 0.336 bits per heavy atom. The zero-order valence-corrected chi connectivity index (χ0v) is 100. The molecular weight excluding hydrogens is 2670 g/mol. The molecule has 0 bridgehead atoms. The van der Waals surface area contributed by atoms with E-state index in [0.717, 1.165) is 74.4 Å². The molecule has 4 atom stereocenters. The molecule has 8 aromatic rings. The summed E-state index contributed by atoms with van der Waals surface area (Å²) in [4.78, 5) is 0. The van der Waals surface area contributed by atoms with Crippen LogP contribution in [0.4, 0.5) is 70.1 Å². The van der Waals surface area contributed by atoms with E-state index in [4.69, 9.17) is 18.9 Å². The number of rotatable bonds is 64. The van der Waals surface area contributed by atoms with Crippen LogP contribution in [0, 0.1) is 42.4 Å². The maximum absolute atomic E-state index is 10.2. The van der Waals surface area contributed by atoms with Crippen LogP contribution in [-0.4, -0.2) is 112 Å². The van der Waals surface area contributed by atoms with Gasteiger partial charge >= 0.3 is 212 Å². The fraction of sp³-hybridized carbons (Fsp3) is 0.547. The third kappa shape index (κ3) is 112. The summed E-state index contributed by atoms with van der Waals surface area (Å²) in [6.45, 7) is 14.9. The Labute approximate surface area is 905 Å². The van der Waals surface area contributed by atoms with E-state index in [1.54, 1.807) is 0 Å². The van der Waals surface area contributed by atoms with E-state index < -0.39 is 56.9 Å². The topological polar surface area (TPSA) is 118 Å². The van der Waals surface area contributed by atoms with Crippen LogP contribution in [0.2, 0.25) is 0 Å². The summed E-state index contributed by atoms with van der Waals surface area (Å²) in [6, 6.07) is 72.5. The molecule has 8 aromatic carbocycles. The van der Waals surface area contributed by atoms with Crippen LogP contribution in [0.25, 0.3) is 0 Å². The molecule has 0 saturated carbocycles. The molecule has 4 unspecified atom stereocenters. The van der Waals surface area contributed by atoms with Crippen molar-refractivity contribution in [3.05, 3.63) is 246 Å². The fourth-order valence-electron chi connectivity index (χ4n) is 13.6. The van der Waals surface area contributed by atoms with Crippen LogP contribution < -0.4 is 123 Å². The van der Waals surface area contributed by atoms with Crippen LogP contribution >= 0.6 is 16.3 Å². The van der Waals surface area contributed by atoms with Gasteiger partial charge in [0.05, 0.1) is 24.4 Å². The first-order valence-corrected chi connectivity index (χ1v) is 71.4. The number of benzene rings is 8. The molecule has 8 rings (SSSR count). The molecule has 40 heteroatoms. The number of aryl methyl sites for hydroxylation is 2. The van der Waals surface area contributed by atoms with E-state index in [9.17, 15) is 90.5 Å². The van der Waals surface area contributed by atoms with Crippen LogP contribution in [0.1, 0.15) is 321 Å². The molecule has 844 valence electrons. The van der Waals surface area contributed by atoms with Gasteiger partial charge in [-0.15, -0.1) is 0 Å². The van der Waals surface area contributed by atoms with Gasteiger partial charge in [-0.25, -0.2) is 0 Å². The molecule has 0 spiro atoms. The van der Waals surface area contributed by atoms with Crippen LogP contribution in [0.15, 0.2) is 206 Å². The van der Waals surface area contributed by atoms with Gasteiger partial charge in [-0.2, -0.15) is 0 Å². The zero-order chi connectivity index (χ0) is 106. The molecule has 0 aliphatic carbocycles. The molecule has 0 aliphatic rings. The molecule has 0 saturated heterocycles. The Morgan fingerprint density at radius 1 is 0.212 bits per heavy atom. The summed E-state index contributed by atoms with van der Waals surface area (Å²) in [5.41, 5.74) is 2.62. The zero-order valence-electron chi connectivity index (χ0n) is 84.7. The normalized spacial score (nSPS) is 12.9. The minimum atomic E-state index is -9.19. The third-order valence-corrected chi connectivity index (χ3v) is 31.7. The van der Waals surface area contributed by atoms with E-state index in [2.05, 4.69) is 199 Å². The third-order valence-electron chi connectivity index (χ3n) is 20.9. The molecule has 0 aromatic heterocycles. The average molecular weight is 2830 g/mol. The van der Waals surface area contributed by atoms with Crippen LogP contribution in [-0.2, 0) is 0 Å². The molecule has 0 aliphatic heterocycles. The van der Waals surface area contributed by atoms with Gasteiger partial charge in [0.15, 0.2) is 28.6 Å². The van der Waals surface area contributed by atoms with Gasteiger partial charge in [-0.1, -0.05) is 356 Å². The SMILES string of the molecule is CCCCCCCCCCCCC(O)COc1ccc([I+]c2ccc(C)cc2)cc1.CCCCCCCCCCCCC(O)COc1ccc([I+]c2ccc(C)cc2)cc1.CCCCCCCCCCCCC(O)COc1ccc([I+]c2ccccc2)cc1.CCCCCCCCCCCCC(O)COc1ccc([I+]c2ccccc2)cc1.FP(F)(F)(F)F.FP(F)(F)(F)F.[F-].[F-].[F-].[F-].[F][Sb]([F])([F])([F])[F].[F][Sb]([F])([F])([F])[F]. The number of aliphatic hydroxyl groups is 4. The first-order valence-electron chi connectivity index (χ1n) is 49.7. The van der Waals surface area contributed by atoms with Crippen molar-refractivity contribution >= 4 is 56.9 Å². The Bertz CT molecular complexity index is 3960. The van der Waals surface area contributed by atoms with E-state index in [-0.39, 0.29) is 128 Å². The molecule has 0 fully saturated rings. The van der Waals surface area contributed by atoms with Gasteiger partial charge in [0, 0.05) is 0 Å². The second-order valence-electron chi connectivity index (χ2n) is 34.7. The second-order valence-corrected chi connectivity index (χ2v) is 56.6. The molecule has 146 heavy (non-hydrogen) atoms. The van der Waals surface area contributed by atoms with Crippen molar-refractivity contribution < 1.29 is 213 Å². The Kier molecular flexibility index (Phi) is 87.4.